The lowest BCUT2D eigenvalue weighted by atomic mass is 10.6. The highest BCUT2D eigenvalue weighted by Crippen LogP contribution is 1.96. The molecule has 2 N–H and O–H groups in total. The molecule has 0 radical (unpaired) electrons. The number of H-pyrrole nitrogens is 1. The zero-order valence-electron chi connectivity index (χ0n) is 7.25. The molecule has 0 aliphatic rings. The van der Waals surface area contributed by atoms with E-state index in [9.17, 15) is 14.4 Å². The molecule has 1 aromatic heterocycles. The highest BCUT2D eigenvalue weighted by Gasteiger charge is 2.06. The van der Waals surface area contributed by atoms with E-state index in [-0.39, 0.29) is 11.7 Å². The molecule has 0 saturated heterocycles. The molecule has 0 aromatic carbocycles. The van der Waals surface area contributed by atoms with Gasteiger partial charge in [-0.15, -0.1) is 0 Å². The van der Waals surface area contributed by atoms with Gasteiger partial charge in [0.05, 0.1) is 0 Å². The number of aromatic amines is 1. The maximum atomic E-state index is 11.0. The predicted molar refractivity (Wildman–Crippen MR) is 45.7 cm³/mol. The summed E-state index contributed by atoms with van der Waals surface area (Å²) in [5.74, 6) is -0.522. The number of rotatable bonds is 1. The predicted octanol–water partition coefficient (Wildman–Crippen LogP) is -0.205. The smallest absolute Gasteiger partial charge is 0.275 e. The minimum Gasteiger partial charge on any atom is -0.311 e. The quantitative estimate of drug-likeness (QED) is 0.632. The number of nitrogens with one attached hydrogen (secondary N) is 2. The second kappa shape index (κ2) is 3.26. The molecule has 13 heavy (non-hydrogen) atoms. The van der Waals surface area contributed by atoms with E-state index in [0.29, 0.717) is 0 Å². The van der Waals surface area contributed by atoms with E-state index >= 15 is 0 Å². The molecule has 6 heteroatoms. The number of aromatic nitrogens is 2. The summed E-state index contributed by atoms with van der Waals surface area (Å²) in [5, 5.41) is 4.79. The number of amides is 1. The molecule has 0 saturated carbocycles. The van der Waals surface area contributed by atoms with E-state index in [4.69, 9.17) is 0 Å². The molecule has 1 rings (SSSR count). The zero-order valence-corrected chi connectivity index (χ0v) is 7.25. The van der Waals surface area contributed by atoms with Crippen molar-refractivity contribution < 1.29 is 9.59 Å². The third kappa shape index (κ3) is 2.05. The first-order valence-corrected chi connectivity index (χ1v) is 3.61. The summed E-state index contributed by atoms with van der Waals surface area (Å²) in [6.45, 7) is 2.55. The van der Waals surface area contributed by atoms with Crippen LogP contribution in [0.5, 0.6) is 0 Å². The third-order valence-corrected chi connectivity index (χ3v) is 1.35. The second-order valence-corrected chi connectivity index (χ2v) is 2.54. The van der Waals surface area contributed by atoms with Crippen molar-refractivity contribution in [3.63, 3.8) is 0 Å². The maximum absolute atomic E-state index is 11.0. The summed E-state index contributed by atoms with van der Waals surface area (Å²) < 4.78 is 0.811. The van der Waals surface area contributed by atoms with Gasteiger partial charge in [-0.1, -0.05) is 0 Å². The van der Waals surface area contributed by atoms with Gasteiger partial charge in [-0.25, -0.2) is 0 Å². The normalized spacial score (nSPS) is 9.69. The summed E-state index contributed by atoms with van der Waals surface area (Å²) in [6, 6.07) is 1.14. The first-order chi connectivity index (χ1) is 6.00. The van der Waals surface area contributed by atoms with Gasteiger partial charge < -0.3 is 5.32 Å². The molecule has 0 bridgehead atoms. The van der Waals surface area contributed by atoms with Gasteiger partial charge in [-0.05, 0) is 0 Å². The van der Waals surface area contributed by atoms with Gasteiger partial charge in [-0.3, -0.25) is 19.5 Å². The molecule has 70 valence electrons. The molecular formula is C7H9N3O3. The van der Waals surface area contributed by atoms with Crippen LogP contribution in [0.1, 0.15) is 18.6 Å². The average Bonchev–Trinajstić information content (AvgIpc) is 2.29. The van der Waals surface area contributed by atoms with Crippen molar-refractivity contribution in [1.82, 2.24) is 9.78 Å². The van der Waals surface area contributed by atoms with Crippen molar-refractivity contribution in [2.45, 2.75) is 13.8 Å². The van der Waals surface area contributed by atoms with Crippen LogP contribution in [0.4, 0.5) is 5.82 Å². The minimum atomic E-state index is -0.490. The Bertz CT molecular complexity index is 401. The Balaban J connectivity index is 3.02. The number of hydrogen-bond donors (Lipinski definition) is 2. The van der Waals surface area contributed by atoms with Crippen LogP contribution in [0.2, 0.25) is 0 Å². The maximum Gasteiger partial charge on any atom is 0.275 e. The van der Waals surface area contributed by atoms with Crippen molar-refractivity contribution in [2.75, 3.05) is 5.32 Å². The Morgan fingerprint density at radius 2 is 2.08 bits per heavy atom. The number of anilines is 1. The fraction of sp³-hybridized carbons (Fsp3) is 0.286. The molecule has 0 atom stereocenters. The average molecular weight is 183 g/mol. The fourth-order valence-corrected chi connectivity index (χ4v) is 0.883. The van der Waals surface area contributed by atoms with Crippen molar-refractivity contribution in [2.24, 2.45) is 0 Å². The molecular weight excluding hydrogens is 174 g/mol. The molecule has 6 nitrogen and oxygen atoms in total. The molecule has 1 heterocycles. The van der Waals surface area contributed by atoms with E-state index in [0.717, 1.165) is 10.7 Å². The zero-order chi connectivity index (χ0) is 10.0. The number of carbonyl (C=O) groups is 2. The number of hydrogen-bond acceptors (Lipinski definition) is 3. The summed E-state index contributed by atoms with van der Waals surface area (Å²) in [7, 11) is 0. The first kappa shape index (κ1) is 9.24. The molecule has 1 amide bonds. The Hall–Kier alpha value is -1.85. The van der Waals surface area contributed by atoms with Gasteiger partial charge in [0.2, 0.25) is 11.8 Å². The highest BCUT2D eigenvalue weighted by atomic mass is 16.2. The van der Waals surface area contributed by atoms with Gasteiger partial charge in [0.15, 0.2) is 0 Å². The number of carbonyl (C=O) groups excluding carboxylic acids is 2. The highest BCUT2D eigenvalue weighted by molar-refractivity contribution is 5.87. The second-order valence-electron chi connectivity index (χ2n) is 2.54. The van der Waals surface area contributed by atoms with Crippen molar-refractivity contribution in [1.29, 1.82) is 0 Å². The monoisotopic (exact) mass is 183 g/mol. The lowest BCUT2D eigenvalue weighted by Gasteiger charge is -1.96. The molecule has 0 fully saturated rings. The lowest BCUT2D eigenvalue weighted by Crippen LogP contribution is -2.21. The molecule has 0 aliphatic heterocycles. The third-order valence-electron chi connectivity index (χ3n) is 1.35. The largest absolute Gasteiger partial charge is 0.311 e. The van der Waals surface area contributed by atoms with Gasteiger partial charge in [0.25, 0.3) is 5.56 Å². The minimum absolute atomic E-state index is 0.215. The fourth-order valence-electron chi connectivity index (χ4n) is 0.883. The molecule has 0 aliphatic carbocycles. The van der Waals surface area contributed by atoms with Crippen LogP contribution in [0.25, 0.3) is 0 Å². The molecule has 0 unspecified atom stereocenters. The summed E-state index contributed by atoms with van der Waals surface area (Å²) in [5.41, 5.74) is -0.490. The van der Waals surface area contributed by atoms with Crippen LogP contribution in [0.15, 0.2) is 10.9 Å². The molecule has 1 aromatic rings. The Morgan fingerprint density at radius 1 is 1.46 bits per heavy atom. The molecule has 0 spiro atoms. The SMILES string of the molecule is CC(=O)Nc1cc(=O)n(C(C)=O)[nH]1. The van der Waals surface area contributed by atoms with E-state index in [1.54, 1.807) is 0 Å². The van der Waals surface area contributed by atoms with Crippen LogP contribution in [0, 0.1) is 0 Å². The van der Waals surface area contributed by atoms with Crippen LogP contribution in [-0.4, -0.2) is 21.6 Å². The summed E-state index contributed by atoms with van der Waals surface area (Å²) in [6.07, 6.45) is 0. The first-order valence-electron chi connectivity index (χ1n) is 3.61. The van der Waals surface area contributed by atoms with Crippen LogP contribution in [0.3, 0.4) is 0 Å². The van der Waals surface area contributed by atoms with Crippen molar-refractivity contribution in [3.05, 3.63) is 16.4 Å². The van der Waals surface area contributed by atoms with E-state index in [1.807, 2.05) is 0 Å². The van der Waals surface area contributed by atoms with Crippen LogP contribution >= 0.6 is 0 Å². The standard InChI is InChI=1S/C7H9N3O3/c1-4(11)8-6-3-7(13)10(9-6)5(2)12/h3,9H,1-2H3,(H,8,11). The van der Waals surface area contributed by atoms with Crippen molar-refractivity contribution >= 4 is 17.6 Å². The van der Waals surface area contributed by atoms with Gasteiger partial charge >= 0.3 is 0 Å². The van der Waals surface area contributed by atoms with E-state index < -0.39 is 11.5 Å². The van der Waals surface area contributed by atoms with Gasteiger partial charge in [-0.2, -0.15) is 4.68 Å². The van der Waals surface area contributed by atoms with Gasteiger partial charge in [0, 0.05) is 19.9 Å². The van der Waals surface area contributed by atoms with Crippen LogP contribution in [-0.2, 0) is 4.79 Å². The number of nitrogens with zero attached hydrogens (tertiary/aromatic N) is 1. The van der Waals surface area contributed by atoms with Crippen molar-refractivity contribution in [3.8, 4) is 0 Å². The van der Waals surface area contributed by atoms with E-state index in [2.05, 4.69) is 10.4 Å². The lowest BCUT2D eigenvalue weighted by molar-refractivity contribution is -0.114. The summed E-state index contributed by atoms with van der Waals surface area (Å²) in [4.78, 5) is 32.4. The topological polar surface area (TPSA) is 84.0 Å². The van der Waals surface area contributed by atoms with Crippen LogP contribution < -0.4 is 10.9 Å². The van der Waals surface area contributed by atoms with Gasteiger partial charge in [0.1, 0.15) is 5.82 Å². The summed E-state index contributed by atoms with van der Waals surface area (Å²) >= 11 is 0. The van der Waals surface area contributed by atoms with E-state index in [1.165, 1.54) is 13.8 Å². The Labute approximate surface area is 73.5 Å². The Morgan fingerprint density at radius 3 is 2.46 bits per heavy atom. The Kier molecular flexibility index (Phi) is 2.32.